The molecule has 0 saturated heterocycles. The fourth-order valence-electron chi connectivity index (χ4n) is 15.9. The lowest BCUT2D eigenvalue weighted by Gasteiger charge is -2.11. The second-order valence-corrected chi connectivity index (χ2v) is 38.0. The molecule has 0 saturated carbocycles. The molecule has 0 unspecified atom stereocenters. The van der Waals surface area contributed by atoms with E-state index in [4.69, 9.17) is 16.0 Å². The summed E-state index contributed by atoms with van der Waals surface area (Å²) >= 11 is 25.9. The van der Waals surface area contributed by atoms with Gasteiger partial charge in [-0.15, -0.1) is 11.3 Å². The minimum Gasteiger partial charge on any atom is -0.467 e. The van der Waals surface area contributed by atoms with E-state index in [9.17, 15) is 0 Å². The normalized spacial score (nSPS) is 10.9. The molecule has 0 spiro atoms. The summed E-state index contributed by atoms with van der Waals surface area (Å²) in [6.45, 7) is 4.30. The van der Waals surface area contributed by atoms with Gasteiger partial charge in [0.1, 0.15) is 33.9 Å². The molecule has 7 aromatic carbocycles. The van der Waals surface area contributed by atoms with Gasteiger partial charge in [0.05, 0.1) is 84.1 Å². The third kappa shape index (κ3) is 23.8. The molecule has 0 aliphatic carbocycles. The van der Waals surface area contributed by atoms with Crippen molar-refractivity contribution in [3.8, 4) is 66.8 Å². The largest absolute Gasteiger partial charge is 0.467 e. The number of fused-ring (bicyclic) bond motifs is 6. The monoisotopic (exact) mass is 2220 g/mol. The molecule has 29 heteroatoms. The molecule has 24 aromatic rings. The standard InChI is InChI=1S/C20H16BrN3.2C19H15BrN4.C19H15ClN4.C18H14BrN3O.C18H14BrN3S/c21-19-13-23-20-18(22-12-15-7-3-1-4-8-15)11-17(14-24(19)20)16-9-5-2-6-10-16;20-18-12-23-19-17(22-11-14-5-4-8-21-10-14)9-16(13-24(18)19)15-6-2-1-3-7-15;2*20-18-12-23-19-17(22-11-14-6-8-21-9-7-14)10-16(13-24(18)19)15-4-2-1-3-5-15;2*19-17-11-21-18-16(20-10-15-7-4-8-23-15)9-14(12-22(17)18)13-5-2-1-3-6-13/h1-11,13-14,22H,12H2;3*1-10,12-13,22H,11H2;2*1-9,11-12,20H,10H2. The van der Waals surface area contributed by atoms with E-state index in [0.717, 1.165) is 172 Å². The Bertz CT molecular complexity index is 7420. The van der Waals surface area contributed by atoms with E-state index < -0.39 is 0 Å². The first-order chi connectivity index (χ1) is 69.9. The molecule has 6 N–H and O–H groups in total. The molecule has 17 heterocycles. The molecule has 700 valence electrons. The van der Waals surface area contributed by atoms with Crippen LogP contribution in [0.4, 0.5) is 34.1 Å². The molecule has 142 heavy (non-hydrogen) atoms. The van der Waals surface area contributed by atoms with E-state index in [-0.39, 0.29) is 0 Å². The number of rotatable bonds is 24. The maximum absolute atomic E-state index is 6.29. The van der Waals surface area contributed by atoms with Crippen LogP contribution < -0.4 is 31.9 Å². The quantitative estimate of drug-likeness (QED) is 0.0331. The molecule has 0 amide bonds. The molecule has 0 atom stereocenters. The van der Waals surface area contributed by atoms with Gasteiger partial charge in [-0.05, 0) is 226 Å². The number of furan rings is 1. The van der Waals surface area contributed by atoms with E-state index in [1.54, 1.807) is 54.8 Å². The maximum Gasteiger partial charge on any atom is 0.161 e. The highest BCUT2D eigenvalue weighted by atomic mass is 79.9. The van der Waals surface area contributed by atoms with Crippen molar-refractivity contribution in [2.45, 2.75) is 39.3 Å². The summed E-state index contributed by atoms with van der Waals surface area (Å²) in [5.74, 6) is 0.888. The molecule has 22 nitrogen and oxygen atoms in total. The van der Waals surface area contributed by atoms with Gasteiger partial charge >= 0.3 is 0 Å². The first kappa shape index (κ1) is 95.5. The van der Waals surface area contributed by atoms with Crippen LogP contribution in [0.1, 0.15) is 32.9 Å². The lowest BCUT2D eigenvalue weighted by molar-refractivity contribution is 0.518. The maximum atomic E-state index is 6.29. The van der Waals surface area contributed by atoms with E-state index in [0.29, 0.717) is 24.8 Å². The Morgan fingerprint density at radius 3 is 0.831 bits per heavy atom. The number of nitrogens with zero attached hydrogens (tertiary/aromatic N) is 15. The van der Waals surface area contributed by atoms with Crippen molar-refractivity contribution in [2.24, 2.45) is 0 Å². The highest BCUT2D eigenvalue weighted by Gasteiger charge is 2.19. The fraction of sp³-hybridized carbons (Fsp3) is 0.0531. The third-order valence-electron chi connectivity index (χ3n) is 23.1. The number of pyridine rings is 9. The average Bonchev–Trinajstić information content (AvgIpc) is 1.64. The van der Waals surface area contributed by atoms with Crippen LogP contribution in [0.15, 0.2) is 460 Å². The number of anilines is 6. The number of nitrogens with one attached hydrogen (secondary N) is 6. The van der Waals surface area contributed by atoms with Gasteiger partial charge in [-0.3, -0.25) is 41.4 Å². The van der Waals surface area contributed by atoms with Crippen LogP contribution in [0.2, 0.25) is 5.15 Å². The number of benzene rings is 7. The van der Waals surface area contributed by atoms with Crippen LogP contribution in [-0.4, -0.2) is 71.3 Å². The Labute approximate surface area is 870 Å². The number of aromatic nitrogens is 15. The Morgan fingerprint density at radius 1 is 0.246 bits per heavy atom. The molecule has 0 bridgehead atoms. The highest BCUT2D eigenvalue weighted by molar-refractivity contribution is 9.11. The lowest BCUT2D eigenvalue weighted by Crippen LogP contribution is -2.02. The summed E-state index contributed by atoms with van der Waals surface area (Å²) in [7, 11) is 0. The van der Waals surface area contributed by atoms with Crippen molar-refractivity contribution < 1.29 is 4.42 Å². The average molecular weight is 2220 g/mol. The summed E-state index contributed by atoms with van der Waals surface area (Å²) < 4.78 is 22.2. The lowest BCUT2D eigenvalue weighted by atomic mass is 10.1. The van der Waals surface area contributed by atoms with Gasteiger partial charge in [-0.1, -0.05) is 236 Å². The molecule has 0 aliphatic rings. The number of halogens is 6. The smallest absolute Gasteiger partial charge is 0.161 e. The van der Waals surface area contributed by atoms with E-state index >= 15 is 0 Å². The van der Waals surface area contributed by atoms with Crippen LogP contribution in [0, 0.1) is 0 Å². The molecule has 0 fully saturated rings. The zero-order valence-corrected chi connectivity index (χ0v) is 85.5. The van der Waals surface area contributed by atoms with Gasteiger partial charge < -0.3 is 36.3 Å². The molecule has 17 aromatic heterocycles. The Morgan fingerprint density at radius 2 is 0.528 bits per heavy atom. The van der Waals surface area contributed by atoms with Gasteiger partial charge in [0.25, 0.3) is 0 Å². The topological polar surface area (TPSA) is 228 Å². The van der Waals surface area contributed by atoms with Crippen LogP contribution in [0.3, 0.4) is 0 Å². The Kier molecular flexibility index (Phi) is 31.3. The van der Waals surface area contributed by atoms with Gasteiger partial charge in [0.2, 0.25) is 0 Å². The van der Waals surface area contributed by atoms with E-state index in [1.165, 1.54) is 38.3 Å². The van der Waals surface area contributed by atoms with Crippen LogP contribution in [0.5, 0.6) is 0 Å². The number of hydrogen-bond acceptors (Lipinski definition) is 17. The first-order valence-corrected chi connectivity index (χ1v) is 50.6. The van der Waals surface area contributed by atoms with Gasteiger partial charge in [-0.2, -0.15) is 0 Å². The molecular formula is C113H89Br5ClN21OS. The van der Waals surface area contributed by atoms with Crippen molar-refractivity contribution in [3.63, 3.8) is 0 Å². The summed E-state index contributed by atoms with van der Waals surface area (Å²) in [5.41, 5.74) is 29.8. The minimum absolute atomic E-state index is 0.592. The minimum atomic E-state index is 0.592. The van der Waals surface area contributed by atoms with Crippen LogP contribution >= 0.6 is 103 Å². The van der Waals surface area contributed by atoms with Crippen molar-refractivity contribution >= 4 is 171 Å². The summed E-state index contributed by atoms with van der Waals surface area (Å²) in [5, 5.41) is 23.6. The molecular weight excluding hydrogens is 2130 g/mol. The SMILES string of the molecule is Brc1cnc2c(NCc3ccccc3)cc(-c3ccccc3)cn12.Brc1cnc2c(NCc3cccnc3)cc(-c3ccccc3)cn12.Brc1cnc2c(NCc3ccco3)cc(-c3ccccc3)cn12.Brc1cnc2c(NCc3cccs3)cc(-c3ccccc3)cn12.Brc1cnc2c(NCc3ccncc3)cc(-c3ccccc3)cn12.Clc1cnc2c(NCc3ccncc3)cc(-c3ccccc3)cn12. The van der Waals surface area contributed by atoms with Crippen molar-refractivity contribution in [3.05, 3.63) is 494 Å². The number of thiophene rings is 1. The zero-order valence-electron chi connectivity index (χ0n) is 76.0. The predicted molar refractivity (Wildman–Crippen MR) is 593 cm³/mol. The second-order valence-electron chi connectivity index (χ2n) is 32.5. The van der Waals surface area contributed by atoms with Crippen molar-refractivity contribution in [1.82, 2.24) is 71.3 Å². The van der Waals surface area contributed by atoms with Gasteiger partial charge in [-0.25, -0.2) is 29.9 Å². The van der Waals surface area contributed by atoms with Crippen molar-refractivity contribution in [1.29, 1.82) is 0 Å². The molecule has 0 aliphatic heterocycles. The van der Waals surface area contributed by atoms with Gasteiger partial charge in [0, 0.05) is 145 Å². The van der Waals surface area contributed by atoms with Gasteiger partial charge in [0.15, 0.2) is 33.9 Å². The van der Waals surface area contributed by atoms with E-state index in [2.05, 4.69) is 382 Å². The summed E-state index contributed by atoms with van der Waals surface area (Å²) in [4.78, 5) is 40.5. The van der Waals surface area contributed by atoms with Crippen LogP contribution in [0.25, 0.3) is 101 Å². The molecule has 24 rings (SSSR count). The van der Waals surface area contributed by atoms with Crippen LogP contribution in [-0.2, 0) is 39.3 Å². The Hall–Kier alpha value is -15.4. The van der Waals surface area contributed by atoms with E-state index in [1.807, 2.05) is 190 Å². The summed E-state index contributed by atoms with van der Waals surface area (Å²) in [6.07, 6.45) is 35.8. The second kappa shape index (κ2) is 46.6. The predicted octanol–water partition coefficient (Wildman–Crippen LogP) is 30.0. The Balaban J connectivity index is 0.000000108. The molecule has 0 radical (unpaired) electrons. The zero-order chi connectivity index (χ0) is 96.7. The van der Waals surface area contributed by atoms with Crippen molar-refractivity contribution in [2.75, 3.05) is 31.9 Å². The summed E-state index contributed by atoms with van der Waals surface area (Å²) in [6, 6.07) is 105. The number of imidazole rings is 6. The fourth-order valence-corrected chi connectivity index (χ4v) is 18.6. The first-order valence-electron chi connectivity index (χ1n) is 45.4. The number of hydrogen-bond donors (Lipinski definition) is 6. The highest BCUT2D eigenvalue weighted by Crippen LogP contribution is 2.37. The third-order valence-corrected chi connectivity index (χ3v) is 27.2.